The molecule has 1 aromatic carbocycles. The van der Waals surface area contributed by atoms with E-state index in [9.17, 15) is 0 Å². The lowest BCUT2D eigenvalue weighted by Gasteiger charge is -2.31. The number of nitrogens with zero attached hydrogens (tertiary/aromatic N) is 4. The molecule has 1 saturated heterocycles. The van der Waals surface area contributed by atoms with E-state index in [0.717, 1.165) is 25.6 Å². The number of hydrogen-bond donors (Lipinski definition) is 0. The van der Waals surface area contributed by atoms with Crippen molar-refractivity contribution in [3.63, 3.8) is 0 Å². The molecule has 4 nitrogen and oxygen atoms in total. The molecule has 0 unspecified atom stereocenters. The lowest BCUT2D eigenvalue weighted by Crippen LogP contribution is -2.35. The molecule has 18 heavy (non-hydrogen) atoms. The number of rotatable bonds is 5. The molecule has 0 N–H and O–H groups in total. The number of azide groups is 1. The van der Waals surface area contributed by atoms with E-state index in [0.29, 0.717) is 6.54 Å². The first-order valence-corrected chi connectivity index (χ1v) is 6.65. The van der Waals surface area contributed by atoms with Crippen LogP contribution in [0, 0.1) is 5.92 Å². The molecule has 0 saturated carbocycles. The highest BCUT2D eigenvalue weighted by Gasteiger charge is 2.18. The van der Waals surface area contributed by atoms with Crippen molar-refractivity contribution >= 4 is 0 Å². The second-order valence-corrected chi connectivity index (χ2v) is 4.93. The van der Waals surface area contributed by atoms with Crippen molar-refractivity contribution in [2.24, 2.45) is 11.0 Å². The van der Waals surface area contributed by atoms with Gasteiger partial charge in [0.05, 0.1) is 0 Å². The predicted octanol–water partition coefficient (Wildman–Crippen LogP) is 3.25. The van der Waals surface area contributed by atoms with Crippen molar-refractivity contribution in [1.29, 1.82) is 0 Å². The molecule has 0 aromatic heterocycles. The Balaban J connectivity index is 1.72. The van der Waals surface area contributed by atoms with E-state index in [1.165, 1.54) is 24.8 Å². The number of piperidine rings is 1. The molecule has 1 aliphatic rings. The summed E-state index contributed by atoms with van der Waals surface area (Å²) in [5.74, 6) is 0.808. The molecule has 0 amide bonds. The fourth-order valence-corrected chi connectivity index (χ4v) is 2.59. The van der Waals surface area contributed by atoms with Crippen molar-refractivity contribution in [3.05, 3.63) is 46.3 Å². The van der Waals surface area contributed by atoms with Crippen LogP contribution in [-0.4, -0.2) is 31.1 Å². The van der Waals surface area contributed by atoms with Gasteiger partial charge in [-0.1, -0.05) is 35.4 Å². The highest BCUT2D eigenvalue weighted by atomic mass is 15.2. The molecule has 4 heteroatoms. The minimum absolute atomic E-state index is 0.597. The maximum atomic E-state index is 8.24. The topological polar surface area (TPSA) is 52.0 Å². The summed E-state index contributed by atoms with van der Waals surface area (Å²) in [6, 6.07) is 10.7. The van der Waals surface area contributed by atoms with Gasteiger partial charge >= 0.3 is 0 Å². The molecule has 0 radical (unpaired) electrons. The molecule has 2 rings (SSSR count). The van der Waals surface area contributed by atoms with E-state index in [-0.39, 0.29) is 0 Å². The molecule has 1 heterocycles. The third-order valence-electron chi connectivity index (χ3n) is 3.65. The monoisotopic (exact) mass is 244 g/mol. The Morgan fingerprint density at radius 1 is 1.22 bits per heavy atom. The van der Waals surface area contributed by atoms with Gasteiger partial charge < -0.3 is 4.90 Å². The molecular weight excluding hydrogens is 224 g/mol. The third-order valence-corrected chi connectivity index (χ3v) is 3.65. The third kappa shape index (κ3) is 4.06. The summed E-state index contributed by atoms with van der Waals surface area (Å²) in [6.45, 7) is 3.78. The SMILES string of the molecule is [N-]=[N+]=NCCN1CCC(Cc2ccccc2)CC1. The van der Waals surface area contributed by atoms with Crippen LogP contribution in [0.2, 0.25) is 0 Å². The Labute approximate surface area is 108 Å². The Hall–Kier alpha value is -1.51. The van der Waals surface area contributed by atoms with Crippen LogP contribution in [0.5, 0.6) is 0 Å². The Bertz CT molecular complexity index is 390. The van der Waals surface area contributed by atoms with E-state index in [1.807, 2.05) is 0 Å². The molecule has 1 fully saturated rings. The number of hydrogen-bond acceptors (Lipinski definition) is 2. The minimum atomic E-state index is 0.597. The second-order valence-electron chi connectivity index (χ2n) is 4.93. The number of benzene rings is 1. The van der Waals surface area contributed by atoms with Gasteiger partial charge in [-0.25, -0.2) is 0 Å². The van der Waals surface area contributed by atoms with Crippen molar-refractivity contribution < 1.29 is 0 Å². The summed E-state index contributed by atoms with van der Waals surface area (Å²) >= 11 is 0. The lowest BCUT2D eigenvalue weighted by atomic mass is 9.90. The van der Waals surface area contributed by atoms with Crippen molar-refractivity contribution in [3.8, 4) is 0 Å². The zero-order valence-corrected chi connectivity index (χ0v) is 10.7. The van der Waals surface area contributed by atoms with Crippen LogP contribution >= 0.6 is 0 Å². The van der Waals surface area contributed by atoms with E-state index < -0.39 is 0 Å². The quantitative estimate of drug-likeness (QED) is 0.445. The Morgan fingerprint density at radius 2 is 1.94 bits per heavy atom. The fourth-order valence-electron chi connectivity index (χ4n) is 2.59. The van der Waals surface area contributed by atoms with Crippen LogP contribution in [-0.2, 0) is 6.42 Å². The van der Waals surface area contributed by atoms with Gasteiger partial charge in [0, 0.05) is 18.0 Å². The largest absolute Gasteiger partial charge is 0.303 e. The highest BCUT2D eigenvalue weighted by Crippen LogP contribution is 2.21. The maximum absolute atomic E-state index is 8.24. The zero-order valence-electron chi connectivity index (χ0n) is 10.7. The minimum Gasteiger partial charge on any atom is -0.303 e. The van der Waals surface area contributed by atoms with Gasteiger partial charge in [0.25, 0.3) is 0 Å². The van der Waals surface area contributed by atoms with Gasteiger partial charge in [-0.15, -0.1) is 0 Å². The van der Waals surface area contributed by atoms with Crippen LogP contribution in [0.1, 0.15) is 18.4 Å². The molecule has 0 atom stereocenters. The molecule has 1 aliphatic heterocycles. The predicted molar refractivity (Wildman–Crippen MR) is 73.3 cm³/mol. The summed E-state index contributed by atoms with van der Waals surface area (Å²) in [5.41, 5.74) is 9.69. The van der Waals surface area contributed by atoms with Gasteiger partial charge in [-0.05, 0) is 49.4 Å². The summed E-state index contributed by atoms with van der Waals surface area (Å²) in [7, 11) is 0. The summed E-state index contributed by atoms with van der Waals surface area (Å²) < 4.78 is 0. The van der Waals surface area contributed by atoms with Crippen molar-refractivity contribution in [1.82, 2.24) is 4.90 Å². The van der Waals surface area contributed by atoms with E-state index in [4.69, 9.17) is 5.53 Å². The lowest BCUT2D eigenvalue weighted by molar-refractivity contribution is 0.188. The highest BCUT2D eigenvalue weighted by molar-refractivity contribution is 5.15. The molecule has 0 spiro atoms. The van der Waals surface area contributed by atoms with Crippen molar-refractivity contribution in [2.45, 2.75) is 19.3 Å². The van der Waals surface area contributed by atoms with Gasteiger partial charge in [0.1, 0.15) is 0 Å². The molecule has 0 bridgehead atoms. The average molecular weight is 244 g/mol. The van der Waals surface area contributed by atoms with Gasteiger partial charge in [-0.2, -0.15) is 0 Å². The first-order valence-electron chi connectivity index (χ1n) is 6.65. The van der Waals surface area contributed by atoms with E-state index in [1.54, 1.807) is 0 Å². The molecule has 0 aliphatic carbocycles. The van der Waals surface area contributed by atoms with Crippen LogP contribution < -0.4 is 0 Å². The van der Waals surface area contributed by atoms with Gasteiger partial charge in [-0.3, -0.25) is 0 Å². The van der Waals surface area contributed by atoms with Crippen LogP contribution in [0.25, 0.3) is 10.4 Å². The molecule has 1 aromatic rings. The summed E-state index contributed by atoms with van der Waals surface area (Å²) in [6.07, 6.45) is 3.71. The van der Waals surface area contributed by atoms with Crippen LogP contribution in [0.15, 0.2) is 35.4 Å². The van der Waals surface area contributed by atoms with E-state index >= 15 is 0 Å². The standard InChI is InChI=1S/C14H20N4/c15-17-16-8-11-18-9-6-14(7-10-18)12-13-4-2-1-3-5-13/h1-5,14H,6-12H2. The fraction of sp³-hybridized carbons (Fsp3) is 0.571. The van der Waals surface area contributed by atoms with Crippen LogP contribution in [0.3, 0.4) is 0 Å². The smallest absolute Gasteiger partial charge is 0.0385 e. The zero-order chi connectivity index (χ0) is 12.6. The molecular formula is C14H20N4. The summed E-state index contributed by atoms with van der Waals surface area (Å²) in [4.78, 5) is 5.19. The number of likely N-dealkylation sites (tertiary alicyclic amines) is 1. The van der Waals surface area contributed by atoms with Crippen LogP contribution in [0.4, 0.5) is 0 Å². The Morgan fingerprint density at radius 3 is 2.61 bits per heavy atom. The average Bonchev–Trinajstić information content (AvgIpc) is 2.42. The Kier molecular flexibility index (Phi) is 5.06. The molecule has 96 valence electrons. The van der Waals surface area contributed by atoms with E-state index in [2.05, 4.69) is 45.3 Å². The first-order chi connectivity index (χ1) is 8.88. The maximum Gasteiger partial charge on any atom is 0.0385 e. The second kappa shape index (κ2) is 7.04. The summed E-state index contributed by atoms with van der Waals surface area (Å²) in [5, 5.41) is 3.59. The normalized spacial score (nSPS) is 17.3. The van der Waals surface area contributed by atoms with Gasteiger partial charge in [0.2, 0.25) is 0 Å². The van der Waals surface area contributed by atoms with Gasteiger partial charge in [0.15, 0.2) is 0 Å². The van der Waals surface area contributed by atoms with Crippen molar-refractivity contribution in [2.75, 3.05) is 26.2 Å². The first kappa shape index (κ1) is 12.9.